The number of allylic oxidation sites excluding steroid dienone is 1. The standard InChI is InChI=1S/C10H12O4/c11-9(12)7-2-1-3-8-6(7)4-5-14-10(8)13/h2,6,8H,1,3-5H2,(H,11,12)/t6-,8+/m0/s1. The summed E-state index contributed by atoms with van der Waals surface area (Å²) < 4.78 is 4.92. The fourth-order valence-electron chi connectivity index (χ4n) is 2.27. The zero-order chi connectivity index (χ0) is 10.1. The molecule has 0 bridgehead atoms. The predicted octanol–water partition coefficient (Wildman–Crippen LogP) is 0.970. The summed E-state index contributed by atoms with van der Waals surface area (Å²) >= 11 is 0. The van der Waals surface area contributed by atoms with E-state index < -0.39 is 5.97 Å². The second-order valence-electron chi connectivity index (χ2n) is 3.71. The van der Waals surface area contributed by atoms with Crippen LogP contribution >= 0.6 is 0 Å². The van der Waals surface area contributed by atoms with E-state index in [2.05, 4.69) is 0 Å². The third kappa shape index (κ3) is 1.41. The number of carbonyl (C=O) groups is 2. The van der Waals surface area contributed by atoms with E-state index in [1.165, 1.54) is 0 Å². The monoisotopic (exact) mass is 196 g/mol. The van der Waals surface area contributed by atoms with Crippen LogP contribution in [0.25, 0.3) is 0 Å². The smallest absolute Gasteiger partial charge is 0.331 e. The molecule has 1 N–H and O–H groups in total. The lowest BCUT2D eigenvalue weighted by Gasteiger charge is -2.33. The first kappa shape index (κ1) is 9.24. The Morgan fingerprint density at radius 3 is 2.93 bits per heavy atom. The summed E-state index contributed by atoms with van der Waals surface area (Å²) in [5, 5.41) is 8.94. The predicted molar refractivity (Wildman–Crippen MR) is 47.5 cm³/mol. The van der Waals surface area contributed by atoms with Gasteiger partial charge < -0.3 is 9.84 Å². The third-order valence-electron chi connectivity index (χ3n) is 2.95. The molecule has 2 atom stereocenters. The molecule has 4 nitrogen and oxygen atoms in total. The van der Waals surface area contributed by atoms with Crippen LogP contribution in [0.2, 0.25) is 0 Å². The quantitative estimate of drug-likeness (QED) is 0.635. The maximum atomic E-state index is 11.4. The number of aliphatic carboxylic acids is 1. The number of fused-ring (bicyclic) bond motifs is 1. The van der Waals surface area contributed by atoms with Gasteiger partial charge in [-0.15, -0.1) is 0 Å². The van der Waals surface area contributed by atoms with Crippen LogP contribution in [0.5, 0.6) is 0 Å². The van der Waals surface area contributed by atoms with Gasteiger partial charge in [-0.3, -0.25) is 4.79 Å². The lowest BCUT2D eigenvalue weighted by molar-refractivity contribution is -0.156. The van der Waals surface area contributed by atoms with E-state index in [-0.39, 0.29) is 17.8 Å². The highest BCUT2D eigenvalue weighted by molar-refractivity contribution is 5.89. The van der Waals surface area contributed by atoms with Crippen molar-refractivity contribution in [1.82, 2.24) is 0 Å². The van der Waals surface area contributed by atoms with Crippen molar-refractivity contribution in [2.75, 3.05) is 6.61 Å². The molecule has 4 heteroatoms. The molecule has 1 saturated heterocycles. The molecule has 76 valence electrons. The van der Waals surface area contributed by atoms with Crippen LogP contribution in [0.3, 0.4) is 0 Å². The Morgan fingerprint density at radius 2 is 2.21 bits per heavy atom. The van der Waals surface area contributed by atoms with Gasteiger partial charge >= 0.3 is 11.9 Å². The van der Waals surface area contributed by atoms with Gasteiger partial charge in [0.2, 0.25) is 0 Å². The summed E-state index contributed by atoms with van der Waals surface area (Å²) in [6, 6.07) is 0. The zero-order valence-electron chi connectivity index (χ0n) is 7.73. The molecule has 2 aliphatic rings. The van der Waals surface area contributed by atoms with Crippen molar-refractivity contribution >= 4 is 11.9 Å². The third-order valence-corrected chi connectivity index (χ3v) is 2.95. The molecular formula is C10H12O4. The SMILES string of the molecule is O=C(O)C1=CCC[C@H]2C(=O)OCC[C@@H]12. The van der Waals surface area contributed by atoms with Gasteiger partial charge in [-0.05, 0) is 19.3 Å². The van der Waals surface area contributed by atoms with Gasteiger partial charge in [-0.2, -0.15) is 0 Å². The van der Waals surface area contributed by atoms with Gasteiger partial charge in [0.15, 0.2) is 0 Å². The minimum atomic E-state index is -0.894. The van der Waals surface area contributed by atoms with Gasteiger partial charge in [-0.25, -0.2) is 4.79 Å². The van der Waals surface area contributed by atoms with Crippen LogP contribution in [0.15, 0.2) is 11.6 Å². The second-order valence-corrected chi connectivity index (χ2v) is 3.71. The molecule has 1 aliphatic heterocycles. The van der Waals surface area contributed by atoms with E-state index >= 15 is 0 Å². The summed E-state index contributed by atoms with van der Waals surface area (Å²) in [5.41, 5.74) is 0.401. The van der Waals surface area contributed by atoms with E-state index in [1.807, 2.05) is 0 Å². The van der Waals surface area contributed by atoms with Gasteiger partial charge in [0.05, 0.1) is 12.5 Å². The molecule has 2 rings (SSSR count). The molecule has 0 spiro atoms. The summed E-state index contributed by atoms with van der Waals surface area (Å²) in [7, 11) is 0. The first-order valence-corrected chi connectivity index (χ1v) is 4.80. The number of esters is 1. The normalized spacial score (nSPS) is 31.4. The summed E-state index contributed by atoms with van der Waals surface area (Å²) in [4.78, 5) is 22.2. The molecule has 0 saturated carbocycles. The number of carboxylic acid groups (broad SMARTS) is 1. The van der Waals surface area contributed by atoms with Crippen molar-refractivity contribution < 1.29 is 19.4 Å². The van der Waals surface area contributed by atoms with Crippen molar-refractivity contribution in [3.05, 3.63) is 11.6 Å². The molecule has 0 aromatic rings. The number of hydrogen-bond donors (Lipinski definition) is 1. The van der Waals surface area contributed by atoms with Crippen molar-refractivity contribution in [1.29, 1.82) is 0 Å². The number of ether oxygens (including phenoxy) is 1. The van der Waals surface area contributed by atoms with Gasteiger partial charge in [0.1, 0.15) is 0 Å². The Bertz CT molecular complexity index is 305. The number of carboxylic acids is 1. The fraction of sp³-hybridized carbons (Fsp3) is 0.600. The maximum Gasteiger partial charge on any atom is 0.331 e. The molecule has 0 aromatic carbocycles. The van der Waals surface area contributed by atoms with Crippen LogP contribution < -0.4 is 0 Å². The van der Waals surface area contributed by atoms with Gasteiger partial charge in [-0.1, -0.05) is 6.08 Å². The lowest BCUT2D eigenvalue weighted by Crippen LogP contribution is -2.37. The molecule has 0 amide bonds. The average molecular weight is 196 g/mol. The van der Waals surface area contributed by atoms with E-state index in [0.717, 1.165) is 6.42 Å². The topological polar surface area (TPSA) is 63.6 Å². The Kier molecular flexibility index (Phi) is 2.27. The molecule has 14 heavy (non-hydrogen) atoms. The minimum absolute atomic E-state index is 0.123. The lowest BCUT2D eigenvalue weighted by atomic mass is 9.75. The second kappa shape index (κ2) is 3.44. The first-order chi connectivity index (χ1) is 6.70. The van der Waals surface area contributed by atoms with Crippen molar-refractivity contribution in [3.63, 3.8) is 0 Å². The Hall–Kier alpha value is -1.32. The molecular weight excluding hydrogens is 184 g/mol. The van der Waals surface area contributed by atoms with Gasteiger partial charge in [0, 0.05) is 11.5 Å². The molecule has 1 aliphatic carbocycles. The van der Waals surface area contributed by atoms with Crippen molar-refractivity contribution in [3.8, 4) is 0 Å². The highest BCUT2D eigenvalue weighted by Crippen LogP contribution is 2.36. The Morgan fingerprint density at radius 1 is 1.43 bits per heavy atom. The van der Waals surface area contributed by atoms with E-state index in [1.54, 1.807) is 6.08 Å². The van der Waals surface area contributed by atoms with Crippen LogP contribution in [0.4, 0.5) is 0 Å². The largest absolute Gasteiger partial charge is 0.478 e. The number of hydrogen-bond acceptors (Lipinski definition) is 3. The highest BCUT2D eigenvalue weighted by atomic mass is 16.5. The van der Waals surface area contributed by atoms with E-state index in [4.69, 9.17) is 9.84 Å². The minimum Gasteiger partial charge on any atom is -0.478 e. The van der Waals surface area contributed by atoms with Crippen LogP contribution in [0, 0.1) is 11.8 Å². The summed E-state index contributed by atoms with van der Waals surface area (Å²) in [6.07, 6.45) is 3.77. The molecule has 0 unspecified atom stereocenters. The van der Waals surface area contributed by atoms with Gasteiger partial charge in [0.25, 0.3) is 0 Å². The summed E-state index contributed by atoms with van der Waals surface area (Å²) in [5.74, 6) is -1.47. The molecule has 0 aromatic heterocycles. The number of carbonyl (C=O) groups excluding carboxylic acids is 1. The van der Waals surface area contributed by atoms with E-state index in [9.17, 15) is 9.59 Å². The molecule has 1 fully saturated rings. The molecule has 1 heterocycles. The van der Waals surface area contributed by atoms with Crippen molar-refractivity contribution in [2.45, 2.75) is 19.3 Å². The number of cyclic esters (lactones) is 1. The zero-order valence-corrected chi connectivity index (χ0v) is 7.73. The number of rotatable bonds is 1. The van der Waals surface area contributed by atoms with Crippen LogP contribution in [0.1, 0.15) is 19.3 Å². The first-order valence-electron chi connectivity index (χ1n) is 4.80. The maximum absolute atomic E-state index is 11.4. The average Bonchev–Trinajstić information content (AvgIpc) is 2.17. The fourth-order valence-corrected chi connectivity index (χ4v) is 2.27. The Balaban J connectivity index is 2.25. The van der Waals surface area contributed by atoms with Crippen LogP contribution in [-0.4, -0.2) is 23.7 Å². The Labute approximate surface area is 81.6 Å². The molecule has 0 radical (unpaired) electrons. The van der Waals surface area contributed by atoms with Crippen molar-refractivity contribution in [2.24, 2.45) is 11.8 Å². The van der Waals surface area contributed by atoms with Crippen LogP contribution in [-0.2, 0) is 14.3 Å². The summed E-state index contributed by atoms with van der Waals surface area (Å²) in [6.45, 7) is 0.352. The van der Waals surface area contributed by atoms with E-state index in [0.29, 0.717) is 25.0 Å². The highest BCUT2D eigenvalue weighted by Gasteiger charge is 2.39.